The summed E-state index contributed by atoms with van der Waals surface area (Å²) in [6, 6.07) is 0.422. The van der Waals surface area contributed by atoms with E-state index in [1.807, 2.05) is 23.3 Å². The number of thiazole rings is 1. The van der Waals surface area contributed by atoms with Crippen molar-refractivity contribution in [3.05, 3.63) is 29.0 Å². The largest absolute Gasteiger partial charge is 0.350 e. The first-order valence-electron chi connectivity index (χ1n) is 4.91. The summed E-state index contributed by atoms with van der Waals surface area (Å²) in [5.74, 6) is 0.901. The predicted molar refractivity (Wildman–Crippen MR) is 62.1 cm³/mol. The van der Waals surface area contributed by atoms with Gasteiger partial charge in [-0.3, -0.25) is 0 Å². The highest BCUT2D eigenvalue weighted by molar-refractivity contribution is 7.07. The molecular formula is C10H14N4S. The molecule has 0 amide bonds. The maximum absolute atomic E-state index is 4.26. The van der Waals surface area contributed by atoms with Gasteiger partial charge in [-0.15, -0.1) is 11.3 Å². The van der Waals surface area contributed by atoms with E-state index < -0.39 is 0 Å². The molecule has 15 heavy (non-hydrogen) atoms. The molecule has 0 aliphatic rings. The summed E-state index contributed by atoms with van der Waals surface area (Å²) in [5.41, 5.74) is 2.89. The Hall–Kier alpha value is -1.36. The number of nitrogens with one attached hydrogen (secondary N) is 1. The number of nitrogens with zero attached hydrogens (tertiary/aromatic N) is 3. The summed E-state index contributed by atoms with van der Waals surface area (Å²) in [6.45, 7) is 5.00. The van der Waals surface area contributed by atoms with Gasteiger partial charge < -0.3 is 9.88 Å². The van der Waals surface area contributed by atoms with E-state index in [0.29, 0.717) is 6.04 Å². The Balaban J connectivity index is 2.02. The second-order valence-corrected chi connectivity index (χ2v) is 4.30. The molecule has 4 nitrogen and oxygen atoms in total. The average molecular weight is 222 g/mol. The van der Waals surface area contributed by atoms with Gasteiger partial charge in [-0.05, 0) is 13.8 Å². The van der Waals surface area contributed by atoms with Crippen LogP contribution in [0.25, 0.3) is 0 Å². The van der Waals surface area contributed by atoms with E-state index in [-0.39, 0.29) is 0 Å². The van der Waals surface area contributed by atoms with Crippen molar-refractivity contribution in [2.24, 2.45) is 0 Å². The summed E-state index contributed by atoms with van der Waals surface area (Å²) in [4.78, 5) is 8.47. The van der Waals surface area contributed by atoms with Crippen molar-refractivity contribution in [1.29, 1.82) is 0 Å². The lowest BCUT2D eigenvalue weighted by Gasteiger charge is -2.11. The molecule has 2 aromatic rings. The van der Waals surface area contributed by atoms with Crippen molar-refractivity contribution in [3.63, 3.8) is 0 Å². The quantitative estimate of drug-likeness (QED) is 0.864. The van der Waals surface area contributed by atoms with Gasteiger partial charge in [0.15, 0.2) is 0 Å². The van der Waals surface area contributed by atoms with Gasteiger partial charge in [-0.1, -0.05) is 0 Å². The molecule has 1 N–H and O–H groups in total. The number of anilines is 1. The Morgan fingerprint density at radius 2 is 2.33 bits per heavy atom. The Morgan fingerprint density at radius 3 is 3.00 bits per heavy atom. The molecular weight excluding hydrogens is 208 g/mol. The number of imidazole rings is 1. The number of aromatic nitrogens is 3. The number of hydrogen-bond donors (Lipinski definition) is 1. The van der Waals surface area contributed by atoms with Crippen LogP contribution in [0.5, 0.6) is 0 Å². The SMILES string of the molecule is CC(C)n1ccnc1NCc1cscn1. The zero-order valence-corrected chi connectivity index (χ0v) is 9.66. The van der Waals surface area contributed by atoms with Crippen LogP contribution in [0.2, 0.25) is 0 Å². The van der Waals surface area contributed by atoms with Gasteiger partial charge in [0, 0.05) is 23.8 Å². The highest BCUT2D eigenvalue weighted by Gasteiger charge is 2.05. The fourth-order valence-electron chi connectivity index (χ4n) is 1.36. The number of rotatable bonds is 4. The zero-order valence-electron chi connectivity index (χ0n) is 8.84. The minimum absolute atomic E-state index is 0.422. The van der Waals surface area contributed by atoms with Crippen molar-refractivity contribution in [2.45, 2.75) is 26.4 Å². The molecule has 0 atom stereocenters. The highest BCUT2D eigenvalue weighted by atomic mass is 32.1. The third-order valence-corrected chi connectivity index (χ3v) is 2.77. The average Bonchev–Trinajstić information content (AvgIpc) is 2.86. The smallest absolute Gasteiger partial charge is 0.203 e. The molecule has 5 heteroatoms. The van der Waals surface area contributed by atoms with E-state index >= 15 is 0 Å². The van der Waals surface area contributed by atoms with Gasteiger partial charge in [0.25, 0.3) is 0 Å². The first-order chi connectivity index (χ1) is 7.27. The second-order valence-electron chi connectivity index (χ2n) is 3.59. The topological polar surface area (TPSA) is 42.7 Å². The second kappa shape index (κ2) is 4.44. The van der Waals surface area contributed by atoms with Gasteiger partial charge in [-0.25, -0.2) is 9.97 Å². The summed E-state index contributed by atoms with van der Waals surface area (Å²) in [7, 11) is 0. The van der Waals surface area contributed by atoms with E-state index in [2.05, 4.69) is 33.7 Å². The van der Waals surface area contributed by atoms with Gasteiger partial charge in [0.05, 0.1) is 17.7 Å². The fourth-order valence-corrected chi connectivity index (χ4v) is 1.92. The molecule has 0 saturated heterocycles. The van der Waals surface area contributed by atoms with Crippen LogP contribution in [0.3, 0.4) is 0 Å². The van der Waals surface area contributed by atoms with Crippen LogP contribution in [-0.2, 0) is 6.54 Å². The van der Waals surface area contributed by atoms with E-state index in [0.717, 1.165) is 18.2 Å². The van der Waals surface area contributed by atoms with Crippen LogP contribution in [0, 0.1) is 0 Å². The summed E-state index contributed by atoms with van der Waals surface area (Å²) in [6.07, 6.45) is 3.79. The fraction of sp³-hybridized carbons (Fsp3) is 0.400. The third-order valence-electron chi connectivity index (χ3n) is 2.14. The monoisotopic (exact) mass is 222 g/mol. The predicted octanol–water partition coefficient (Wildman–Crippen LogP) is 2.53. The first kappa shape index (κ1) is 10.2. The molecule has 0 unspecified atom stereocenters. The first-order valence-corrected chi connectivity index (χ1v) is 5.85. The van der Waals surface area contributed by atoms with Crippen LogP contribution in [-0.4, -0.2) is 14.5 Å². The van der Waals surface area contributed by atoms with Crippen LogP contribution in [0.15, 0.2) is 23.3 Å². The lowest BCUT2D eigenvalue weighted by atomic mass is 10.4. The molecule has 0 aliphatic carbocycles. The van der Waals surface area contributed by atoms with Crippen molar-refractivity contribution in [2.75, 3.05) is 5.32 Å². The minimum atomic E-state index is 0.422. The van der Waals surface area contributed by atoms with E-state index in [1.54, 1.807) is 11.3 Å². The molecule has 2 aromatic heterocycles. The number of hydrogen-bond acceptors (Lipinski definition) is 4. The Morgan fingerprint density at radius 1 is 1.47 bits per heavy atom. The van der Waals surface area contributed by atoms with Crippen LogP contribution in [0.4, 0.5) is 5.95 Å². The Kier molecular flexibility index (Phi) is 3.01. The maximum Gasteiger partial charge on any atom is 0.203 e. The van der Waals surface area contributed by atoms with Gasteiger partial charge in [0.2, 0.25) is 5.95 Å². The van der Waals surface area contributed by atoms with Gasteiger partial charge >= 0.3 is 0 Å². The molecule has 0 radical (unpaired) electrons. The van der Waals surface area contributed by atoms with Crippen molar-refractivity contribution in [3.8, 4) is 0 Å². The molecule has 0 saturated carbocycles. The highest BCUT2D eigenvalue weighted by Crippen LogP contribution is 2.13. The molecule has 0 aliphatic heterocycles. The molecule has 0 aromatic carbocycles. The minimum Gasteiger partial charge on any atom is -0.350 e. The Bertz CT molecular complexity index is 405. The maximum atomic E-state index is 4.26. The Labute approximate surface area is 93.0 Å². The van der Waals surface area contributed by atoms with Gasteiger partial charge in [-0.2, -0.15) is 0 Å². The van der Waals surface area contributed by atoms with E-state index in [9.17, 15) is 0 Å². The lowest BCUT2D eigenvalue weighted by Crippen LogP contribution is -2.08. The van der Waals surface area contributed by atoms with Crippen molar-refractivity contribution in [1.82, 2.24) is 14.5 Å². The normalized spacial score (nSPS) is 10.9. The third kappa shape index (κ3) is 2.36. The summed E-state index contributed by atoms with van der Waals surface area (Å²) in [5, 5.41) is 5.31. The molecule has 0 spiro atoms. The molecule has 0 fully saturated rings. The summed E-state index contributed by atoms with van der Waals surface area (Å²) < 4.78 is 2.10. The van der Waals surface area contributed by atoms with Crippen molar-refractivity contribution >= 4 is 17.3 Å². The van der Waals surface area contributed by atoms with Gasteiger partial charge in [0.1, 0.15) is 0 Å². The molecule has 80 valence electrons. The van der Waals surface area contributed by atoms with E-state index in [4.69, 9.17) is 0 Å². The van der Waals surface area contributed by atoms with Crippen LogP contribution < -0.4 is 5.32 Å². The molecule has 2 heterocycles. The zero-order chi connectivity index (χ0) is 10.7. The summed E-state index contributed by atoms with van der Waals surface area (Å²) >= 11 is 1.61. The van der Waals surface area contributed by atoms with Crippen molar-refractivity contribution < 1.29 is 0 Å². The lowest BCUT2D eigenvalue weighted by molar-refractivity contribution is 0.604. The van der Waals surface area contributed by atoms with Crippen LogP contribution >= 0.6 is 11.3 Å². The van der Waals surface area contributed by atoms with E-state index in [1.165, 1.54) is 0 Å². The van der Waals surface area contributed by atoms with Crippen LogP contribution in [0.1, 0.15) is 25.6 Å². The standard InChI is InChI=1S/C10H14N4S/c1-8(2)14-4-3-11-10(14)12-5-9-6-15-7-13-9/h3-4,6-8H,5H2,1-2H3,(H,11,12). The molecule has 2 rings (SSSR count). The molecule has 0 bridgehead atoms.